The number of aliphatic hydroxyl groups is 5. The van der Waals surface area contributed by atoms with E-state index in [2.05, 4.69) is 55.6 Å². The molecule has 1 saturated heterocycles. The van der Waals surface area contributed by atoms with Gasteiger partial charge in [0.15, 0.2) is 6.29 Å². The Balaban J connectivity index is 2.54. The second kappa shape index (κ2) is 27.3. The molecular weight excluding hydrogens is 574 g/mol. The molecule has 9 heteroatoms. The molecule has 0 bridgehead atoms. The maximum Gasteiger partial charge on any atom is 0.220 e. The van der Waals surface area contributed by atoms with Crippen molar-refractivity contribution in [2.75, 3.05) is 13.2 Å². The lowest BCUT2D eigenvalue weighted by Crippen LogP contribution is -2.60. The first-order valence-corrected chi connectivity index (χ1v) is 17.3. The summed E-state index contributed by atoms with van der Waals surface area (Å²) in [6.45, 7) is 3.60. The molecule has 45 heavy (non-hydrogen) atoms. The predicted molar refractivity (Wildman–Crippen MR) is 179 cm³/mol. The van der Waals surface area contributed by atoms with E-state index in [1.807, 2.05) is 12.2 Å². The highest BCUT2D eigenvalue weighted by Crippen LogP contribution is 2.22. The Morgan fingerprint density at radius 1 is 0.778 bits per heavy atom. The smallest absolute Gasteiger partial charge is 0.220 e. The van der Waals surface area contributed by atoms with E-state index in [4.69, 9.17) is 9.47 Å². The number of hydrogen-bond acceptors (Lipinski definition) is 8. The molecule has 0 aromatic carbocycles. The maximum atomic E-state index is 12.8. The molecule has 0 aromatic heterocycles. The number of nitrogens with one attached hydrogen (secondary N) is 1. The van der Waals surface area contributed by atoms with Crippen molar-refractivity contribution >= 4 is 5.91 Å². The fourth-order valence-corrected chi connectivity index (χ4v) is 5.11. The first-order valence-electron chi connectivity index (χ1n) is 17.3. The molecule has 1 heterocycles. The zero-order chi connectivity index (χ0) is 33.1. The van der Waals surface area contributed by atoms with E-state index in [1.165, 1.54) is 38.5 Å². The second-order valence-corrected chi connectivity index (χ2v) is 11.9. The largest absolute Gasteiger partial charge is 0.394 e. The van der Waals surface area contributed by atoms with Crippen LogP contribution < -0.4 is 5.32 Å². The van der Waals surface area contributed by atoms with Crippen molar-refractivity contribution in [3.63, 3.8) is 0 Å². The highest BCUT2D eigenvalue weighted by molar-refractivity contribution is 5.76. The standard InChI is InChI=1S/C36H63NO8/c1-3-5-7-9-11-13-14-15-16-18-20-22-24-26-32(40)37-29(30(39)25-23-21-19-17-12-10-8-6-4-2)28-44-36-35(43)34(42)33(41)31(27-38)45-36/h5,7,11,13,15-16,20,22,29-31,33-36,38-39,41-43H,3-4,6,8-10,12,14,17-19,21,23-28H2,1-2H3,(H,37,40)/b7-5-,13-11-,16-15-,22-20-. The lowest BCUT2D eigenvalue weighted by molar-refractivity contribution is -0.302. The molecule has 7 unspecified atom stereocenters. The van der Waals surface area contributed by atoms with Gasteiger partial charge >= 0.3 is 0 Å². The summed E-state index contributed by atoms with van der Waals surface area (Å²) in [6, 6.07) is -0.753. The first-order chi connectivity index (χ1) is 21.8. The molecule has 0 aliphatic carbocycles. The third kappa shape index (κ3) is 19.4. The van der Waals surface area contributed by atoms with Gasteiger partial charge in [0, 0.05) is 6.42 Å². The van der Waals surface area contributed by atoms with Gasteiger partial charge in [-0.2, -0.15) is 0 Å². The van der Waals surface area contributed by atoms with Gasteiger partial charge in [0.1, 0.15) is 24.4 Å². The molecule has 1 amide bonds. The van der Waals surface area contributed by atoms with Gasteiger partial charge in [-0.3, -0.25) is 4.79 Å². The van der Waals surface area contributed by atoms with Crippen LogP contribution in [0.15, 0.2) is 48.6 Å². The topological polar surface area (TPSA) is 149 Å². The summed E-state index contributed by atoms with van der Waals surface area (Å²) in [5.41, 5.74) is 0. The summed E-state index contributed by atoms with van der Waals surface area (Å²) in [7, 11) is 0. The van der Waals surface area contributed by atoms with Crippen molar-refractivity contribution in [1.29, 1.82) is 0 Å². The SMILES string of the molecule is CC/C=C\C/C=C\C/C=C\C/C=C\CCC(=O)NC(COC1OC(CO)C(O)C(O)C1O)C(O)CCCCCCCCCCC. The van der Waals surface area contributed by atoms with Gasteiger partial charge in [0.2, 0.25) is 5.91 Å². The van der Waals surface area contributed by atoms with Gasteiger partial charge in [-0.1, -0.05) is 120 Å². The summed E-state index contributed by atoms with van der Waals surface area (Å²) in [5, 5.41) is 53.7. The number of carbonyl (C=O) groups is 1. The fraction of sp³-hybridized carbons (Fsp3) is 0.750. The Kier molecular flexibility index (Phi) is 25.0. The fourth-order valence-electron chi connectivity index (χ4n) is 5.11. The Morgan fingerprint density at radius 3 is 1.91 bits per heavy atom. The van der Waals surface area contributed by atoms with Gasteiger partial charge in [-0.15, -0.1) is 0 Å². The molecule has 0 spiro atoms. The summed E-state index contributed by atoms with van der Waals surface area (Å²) in [5.74, 6) is -0.231. The normalized spacial score (nSPS) is 23.9. The molecule has 1 fully saturated rings. The highest BCUT2D eigenvalue weighted by atomic mass is 16.7. The Bertz CT molecular complexity index is 843. The van der Waals surface area contributed by atoms with Crippen molar-refractivity contribution < 1.29 is 39.8 Å². The lowest BCUT2D eigenvalue weighted by atomic mass is 9.99. The van der Waals surface area contributed by atoms with Crippen molar-refractivity contribution in [1.82, 2.24) is 5.32 Å². The lowest BCUT2D eigenvalue weighted by Gasteiger charge is -2.40. The Morgan fingerprint density at radius 2 is 1.33 bits per heavy atom. The second-order valence-electron chi connectivity index (χ2n) is 11.9. The summed E-state index contributed by atoms with van der Waals surface area (Å²) >= 11 is 0. The molecule has 9 nitrogen and oxygen atoms in total. The number of ether oxygens (including phenoxy) is 2. The van der Waals surface area contributed by atoms with Gasteiger partial charge in [0.05, 0.1) is 25.4 Å². The average Bonchev–Trinajstić information content (AvgIpc) is 3.04. The maximum absolute atomic E-state index is 12.8. The van der Waals surface area contributed by atoms with Crippen LogP contribution in [-0.4, -0.2) is 87.5 Å². The van der Waals surface area contributed by atoms with E-state index in [0.29, 0.717) is 12.8 Å². The van der Waals surface area contributed by atoms with Crippen molar-refractivity contribution in [2.24, 2.45) is 0 Å². The van der Waals surface area contributed by atoms with E-state index in [-0.39, 0.29) is 18.9 Å². The Hall–Kier alpha value is -1.85. The quantitative estimate of drug-likeness (QED) is 0.0563. The van der Waals surface area contributed by atoms with Gasteiger partial charge in [-0.05, 0) is 38.5 Å². The third-order valence-electron chi connectivity index (χ3n) is 7.96. The third-order valence-corrected chi connectivity index (χ3v) is 7.96. The molecule has 7 atom stereocenters. The zero-order valence-corrected chi connectivity index (χ0v) is 27.8. The molecular formula is C36H63NO8. The van der Waals surface area contributed by atoms with Crippen molar-refractivity contribution in [2.45, 2.75) is 159 Å². The van der Waals surface area contributed by atoms with E-state index in [1.54, 1.807) is 0 Å². The van der Waals surface area contributed by atoms with Crippen molar-refractivity contribution in [3.8, 4) is 0 Å². The van der Waals surface area contributed by atoms with E-state index in [0.717, 1.165) is 44.9 Å². The van der Waals surface area contributed by atoms with Gasteiger partial charge in [-0.25, -0.2) is 0 Å². The monoisotopic (exact) mass is 637 g/mol. The van der Waals surface area contributed by atoms with Crippen LogP contribution in [0.5, 0.6) is 0 Å². The first kappa shape index (κ1) is 41.2. The number of rotatable bonds is 26. The van der Waals surface area contributed by atoms with Gasteiger partial charge < -0.3 is 40.3 Å². The number of amides is 1. The van der Waals surface area contributed by atoms with Crippen LogP contribution in [0.3, 0.4) is 0 Å². The summed E-state index contributed by atoms with van der Waals surface area (Å²) in [4.78, 5) is 12.8. The molecule has 6 N–H and O–H groups in total. The van der Waals surface area contributed by atoms with E-state index in [9.17, 15) is 30.3 Å². The van der Waals surface area contributed by atoms with Crippen LogP contribution >= 0.6 is 0 Å². The number of carbonyl (C=O) groups excluding carboxylic acids is 1. The van der Waals surface area contributed by atoms with Crippen LogP contribution in [0.2, 0.25) is 0 Å². The molecule has 1 aliphatic rings. The minimum absolute atomic E-state index is 0.170. The van der Waals surface area contributed by atoms with Crippen LogP contribution in [0.25, 0.3) is 0 Å². The minimum Gasteiger partial charge on any atom is -0.394 e. The van der Waals surface area contributed by atoms with Gasteiger partial charge in [0.25, 0.3) is 0 Å². The highest BCUT2D eigenvalue weighted by Gasteiger charge is 2.44. The molecule has 260 valence electrons. The zero-order valence-electron chi connectivity index (χ0n) is 27.8. The summed E-state index contributed by atoms with van der Waals surface area (Å²) < 4.78 is 11.1. The molecule has 0 radical (unpaired) electrons. The number of unbranched alkanes of at least 4 members (excludes halogenated alkanes) is 8. The molecule has 1 aliphatic heterocycles. The van der Waals surface area contributed by atoms with Crippen molar-refractivity contribution in [3.05, 3.63) is 48.6 Å². The Labute approximate surface area is 272 Å². The van der Waals surface area contributed by atoms with Crippen LogP contribution in [0, 0.1) is 0 Å². The van der Waals surface area contributed by atoms with E-state index < -0.39 is 49.5 Å². The predicted octanol–water partition coefficient (Wildman–Crippen LogP) is 5.15. The average molecular weight is 638 g/mol. The molecule has 1 rings (SSSR count). The number of hydrogen-bond donors (Lipinski definition) is 6. The minimum atomic E-state index is -1.56. The van der Waals surface area contributed by atoms with Crippen LogP contribution in [-0.2, 0) is 14.3 Å². The van der Waals surface area contributed by atoms with Crippen LogP contribution in [0.1, 0.15) is 117 Å². The van der Waals surface area contributed by atoms with E-state index >= 15 is 0 Å². The molecule has 0 aromatic rings. The molecule has 0 saturated carbocycles. The number of aliphatic hydroxyl groups excluding tert-OH is 5. The van der Waals surface area contributed by atoms with Crippen LogP contribution in [0.4, 0.5) is 0 Å². The number of allylic oxidation sites excluding steroid dienone is 8. The summed E-state index contributed by atoms with van der Waals surface area (Å²) in [6.07, 6.45) is 24.3.